The molecule has 0 bridgehead atoms. The zero-order valence-electron chi connectivity index (χ0n) is 18.6. The van der Waals surface area contributed by atoms with Gasteiger partial charge in [0.25, 0.3) is 0 Å². The summed E-state index contributed by atoms with van der Waals surface area (Å²) in [5.41, 5.74) is 1.69. The van der Waals surface area contributed by atoms with Gasteiger partial charge in [-0.1, -0.05) is 0 Å². The van der Waals surface area contributed by atoms with Crippen molar-refractivity contribution in [1.82, 2.24) is 15.3 Å². The van der Waals surface area contributed by atoms with Crippen molar-refractivity contribution < 1.29 is 9.53 Å². The summed E-state index contributed by atoms with van der Waals surface area (Å²) in [6.07, 6.45) is 4.03. The van der Waals surface area contributed by atoms with E-state index in [0.29, 0.717) is 22.1 Å². The van der Waals surface area contributed by atoms with E-state index in [4.69, 9.17) is 17.0 Å². The molecule has 3 N–H and O–H groups in total. The molecule has 1 saturated carbocycles. The molecule has 2 aromatic heterocycles. The van der Waals surface area contributed by atoms with Crippen LogP contribution < -0.4 is 20.9 Å². The van der Waals surface area contributed by atoms with E-state index >= 15 is 0 Å². The molecule has 3 rings (SSSR count). The lowest BCUT2D eigenvalue weighted by Crippen LogP contribution is -2.42. The number of carbonyl (C=O) groups is 1. The predicted molar refractivity (Wildman–Crippen MR) is 131 cm³/mol. The quantitative estimate of drug-likeness (QED) is 0.439. The third-order valence-corrected chi connectivity index (χ3v) is 6.58. The molecule has 8 nitrogen and oxygen atoms in total. The monoisotopic (exact) mass is 462 g/mol. The van der Waals surface area contributed by atoms with E-state index in [1.807, 2.05) is 44.3 Å². The number of methoxy groups -OCH3 is 1. The second-order valence-electron chi connectivity index (χ2n) is 7.96. The first-order chi connectivity index (χ1) is 14.8. The number of nitrogens with one attached hydrogen (secondary N) is 3. The number of thiophene rings is 1. The van der Waals surface area contributed by atoms with Crippen LogP contribution >= 0.6 is 23.6 Å². The van der Waals surface area contributed by atoms with Crippen LogP contribution in [0.2, 0.25) is 0 Å². The average Bonchev–Trinajstić information content (AvgIpc) is 3.08. The number of hydrogen-bond donors (Lipinski definition) is 3. The number of esters is 1. The van der Waals surface area contributed by atoms with Crippen LogP contribution in [0.5, 0.6) is 0 Å². The van der Waals surface area contributed by atoms with Crippen LogP contribution in [0.15, 0.2) is 11.4 Å². The van der Waals surface area contributed by atoms with Gasteiger partial charge in [-0.05, 0) is 62.7 Å². The Kier molecular flexibility index (Phi) is 7.66. The summed E-state index contributed by atoms with van der Waals surface area (Å²) in [5, 5.41) is 12.6. The average molecular weight is 463 g/mol. The number of ether oxygens (including phenoxy) is 1. The van der Waals surface area contributed by atoms with Gasteiger partial charge in [0.05, 0.1) is 12.8 Å². The number of thiocarbonyl (C=S) groups is 1. The Balaban J connectivity index is 1.51. The molecular weight excluding hydrogens is 432 g/mol. The molecule has 168 valence electrons. The van der Waals surface area contributed by atoms with Gasteiger partial charge < -0.3 is 25.6 Å². The standard InChI is InChI=1S/C21H30N6O2S2/c1-12-11-31-19(20(28)29-5)18(12)26-21(30)25-15-8-6-14(7-9-15)24-16-10-17(27(3)4)23-13(2)22-16/h10-11,14-15H,6-9H2,1-5H3,(H,22,23,24)(H2,25,26,30). The Labute approximate surface area is 192 Å². The molecule has 0 saturated heterocycles. The van der Waals surface area contributed by atoms with E-state index < -0.39 is 0 Å². The fraction of sp³-hybridized carbons (Fsp3) is 0.524. The Bertz CT molecular complexity index is 938. The van der Waals surface area contributed by atoms with Gasteiger partial charge in [0.15, 0.2) is 5.11 Å². The molecule has 2 heterocycles. The molecule has 2 aromatic rings. The Morgan fingerprint density at radius 3 is 2.52 bits per heavy atom. The minimum absolute atomic E-state index is 0.294. The molecule has 0 radical (unpaired) electrons. The van der Waals surface area contributed by atoms with Crippen molar-refractivity contribution in [3.05, 3.63) is 27.7 Å². The number of hydrogen-bond acceptors (Lipinski definition) is 8. The van der Waals surface area contributed by atoms with Gasteiger partial charge in [0.1, 0.15) is 22.3 Å². The zero-order chi connectivity index (χ0) is 22.5. The van der Waals surface area contributed by atoms with Gasteiger partial charge in [-0.2, -0.15) is 0 Å². The number of aromatic nitrogens is 2. The normalized spacial score (nSPS) is 18.2. The van der Waals surface area contributed by atoms with Gasteiger partial charge in [-0.3, -0.25) is 0 Å². The fourth-order valence-electron chi connectivity index (χ4n) is 3.62. The van der Waals surface area contributed by atoms with Crippen molar-refractivity contribution in [3.8, 4) is 0 Å². The predicted octanol–water partition coefficient (Wildman–Crippen LogP) is 3.72. The van der Waals surface area contributed by atoms with Crippen molar-refractivity contribution in [1.29, 1.82) is 0 Å². The Morgan fingerprint density at radius 1 is 1.19 bits per heavy atom. The van der Waals surface area contributed by atoms with Gasteiger partial charge in [-0.15, -0.1) is 11.3 Å². The van der Waals surface area contributed by atoms with Crippen LogP contribution in [0.1, 0.15) is 46.7 Å². The van der Waals surface area contributed by atoms with E-state index in [-0.39, 0.29) is 5.97 Å². The fourth-order valence-corrected chi connectivity index (χ4v) is 4.81. The van der Waals surface area contributed by atoms with Gasteiger partial charge in [-0.25, -0.2) is 14.8 Å². The van der Waals surface area contributed by atoms with Crippen molar-refractivity contribution >= 4 is 52.0 Å². The number of anilines is 3. The largest absolute Gasteiger partial charge is 0.465 e. The summed E-state index contributed by atoms with van der Waals surface area (Å²) in [7, 11) is 5.34. The maximum atomic E-state index is 12.0. The van der Waals surface area contributed by atoms with Crippen molar-refractivity contribution in [2.24, 2.45) is 0 Å². The highest BCUT2D eigenvalue weighted by atomic mass is 32.1. The summed E-state index contributed by atoms with van der Waals surface area (Å²) >= 11 is 6.86. The highest BCUT2D eigenvalue weighted by Crippen LogP contribution is 2.29. The highest BCUT2D eigenvalue weighted by Gasteiger charge is 2.23. The van der Waals surface area contributed by atoms with Crippen molar-refractivity contribution in [2.45, 2.75) is 51.6 Å². The van der Waals surface area contributed by atoms with Gasteiger partial charge in [0, 0.05) is 32.2 Å². The summed E-state index contributed by atoms with van der Waals surface area (Å²) in [4.78, 5) is 23.4. The Morgan fingerprint density at radius 2 is 1.87 bits per heavy atom. The van der Waals surface area contributed by atoms with Crippen LogP contribution in [0.3, 0.4) is 0 Å². The molecule has 31 heavy (non-hydrogen) atoms. The second-order valence-corrected chi connectivity index (χ2v) is 9.25. The number of rotatable bonds is 6. The molecule has 0 atom stereocenters. The summed E-state index contributed by atoms with van der Waals surface area (Å²) < 4.78 is 4.86. The second kappa shape index (κ2) is 10.2. The molecule has 0 spiro atoms. The molecule has 0 unspecified atom stereocenters. The van der Waals surface area contributed by atoms with Gasteiger partial charge in [0.2, 0.25) is 0 Å². The van der Waals surface area contributed by atoms with Crippen LogP contribution in [-0.4, -0.2) is 54.3 Å². The highest BCUT2D eigenvalue weighted by molar-refractivity contribution is 7.80. The Hall–Kier alpha value is -2.46. The molecule has 10 heteroatoms. The van der Waals surface area contributed by atoms with Gasteiger partial charge >= 0.3 is 5.97 Å². The van der Waals surface area contributed by atoms with Crippen LogP contribution in [0.4, 0.5) is 17.3 Å². The lowest BCUT2D eigenvalue weighted by molar-refractivity contribution is 0.0607. The maximum Gasteiger partial charge on any atom is 0.350 e. The summed E-state index contributed by atoms with van der Waals surface area (Å²) in [5.74, 6) is 2.17. The molecule has 1 fully saturated rings. The first kappa shape index (κ1) is 23.2. The van der Waals surface area contributed by atoms with E-state index in [0.717, 1.165) is 54.4 Å². The number of carbonyl (C=O) groups excluding carboxylic acids is 1. The minimum Gasteiger partial charge on any atom is -0.465 e. The van der Waals surface area contributed by atoms with Crippen molar-refractivity contribution in [2.75, 3.05) is 36.7 Å². The zero-order valence-corrected chi connectivity index (χ0v) is 20.2. The smallest absolute Gasteiger partial charge is 0.350 e. The van der Waals surface area contributed by atoms with Crippen LogP contribution in [0, 0.1) is 13.8 Å². The van der Waals surface area contributed by atoms with E-state index in [1.165, 1.54) is 18.4 Å². The number of nitrogens with zero attached hydrogens (tertiary/aromatic N) is 3. The molecule has 0 aliphatic heterocycles. The minimum atomic E-state index is -0.354. The first-order valence-electron chi connectivity index (χ1n) is 10.3. The number of aryl methyl sites for hydroxylation is 2. The summed E-state index contributed by atoms with van der Waals surface area (Å²) in [6, 6.07) is 2.65. The molecule has 0 amide bonds. The lowest BCUT2D eigenvalue weighted by Gasteiger charge is -2.31. The van der Waals surface area contributed by atoms with E-state index in [9.17, 15) is 4.79 Å². The van der Waals surface area contributed by atoms with Crippen LogP contribution in [-0.2, 0) is 4.74 Å². The molecule has 0 aromatic carbocycles. The lowest BCUT2D eigenvalue weighted by atomic mass is 9.91. The topological polar surface area (TPSA) is 91.4 Å². The van der Waals surface area contributed by atoms with E-state index in [1.54, 1.807) is 0 Å². The molecule has 1 aliphatic rings. The SMILES string of the molecule is COC(=O)c1scc(C)c1NC(=S)NC1CCC(Nc2cc(N(C)C)nc(C)n2)CC1. The van der Waals surface area contributed by atoms with E-state index in [2.05, 4.69) is 25.9 Å². The maximum absolute atomic E-state index is 12.0. The third kappa shape index (κ3) is 6.04. The van der Waals surface area contributed by atoms with Crippen LogP contribution in [0.25, 0.3) is 0 Å². The first-order valence-corrected chi connectivity index (χ1v) is 11.6. The summed E-state index contributed by atoms with van der Waals surface area (Å²) in [6.45, 7) is 3.86. The molecular formula is C21H30N6O2S2. The van der Waals surface area contributed by atoms with Crippen molar-refractivity contribution in [3.63, 3.8) is 0 Å². The molecule has 1 aliphatic carbocycles. The third-order valence-electron chi connectivity index (χ3n) is 5.28.